The monoisotopic (exact) mass is 253 g/mol. The van der Waals surface area contributed by atoms with Crippen LogP contribution in [0.5, 0.6) is 0 Å². The van der Waals surface area contributed by atoms with Crippen LogP contribution < -0.4 is 5.32 Å². The summed E-state index contributed by atoms with van der Waals surface area (Å²) in [6.45, 7) is 2.75. The predicted molar refractivity (Wildman–Crippen MR) is 65.3 cm³/mol. The zero-order valence-corrected chi connectivity index (χ0v) is 10.4. The third-order valence-electron chi connectivity index (χ3n) is 3.76. The van der Waals surface area contributed by atoms with E-state index in [1.807, 2.05) is 6.92 Å². The first kappa shape index (κ1) is 13.1. The van der Waals surface area contributed by atoms with Crippen molar-refractivity contribution in [3.05, 3.63) is 35.4 Å². The molecule has 0 saturated carbocycles. The van der Waals surface area contributed by atoms with Gasteiger partial charge >= 0.3 is 0 Å². The first-order chi connectivity index (χ1) is 8.59. The highest BCUT2D eigenvalue weighted by Crippen LogP contribution is 2.26. The molecule has 0 aliphatic carbocycles. The smallest absolute Gasteiger partial charge is 0.162 e. The number of halogens is 2. The van der Waals surface area contributed by atoms with Crippen molar-refractivity contribution < 1.29 is 13.6 Å². The van der Waals surface area contributed by atoms with Crippen molar-refractivity contribution >= 4 is 5.78 Å². The molecule has 1 fully saturated rings. The van der Waals surface area contributed by atoms with E-state index < -0.39 is 17.2 Å². The van der Waals surface area contributed by atoms with Crippen LogP contribution in [0, 0.1) is 11.6 Å². The molecule has 1 heterocycles. The second-order valence-corrected chi connectivity index (χ2v) is 4.78. The number of Topliss-reactive ketones (excluding diaryl/α,β-unsaturated/α-hetero) is 1. The summed E-state index contributed by atoms with van der Waals surface area (Å²) in [6, 6.07) is 3.96. The van der Waals surface area contributed by atoms with Crippen LogP contribution in [0.15, 0.2) is 18.2 Å². The van der Waals surface area contributed by atoms with E-state index in [1.54, 1.807) is 0 Å². The van der Waals surface area contributed by atoms with Crippen LogP contribution in [0.1, 0.15) is 31.7 Å². The number of hydrogen-bond acceptors (Lipinski definition) is 2. The van der Waals surface area contributed by atoms with E-state index in [-0.39, 0.29) is 17.8 Å². The number of hydrogen-bond donors (Lipinski definition) is 1. The third-order valence-corrected chi connectivity index (χ3v) is 3.76. The van der Waals surface area contributed by atoms with Crippen LogP contribution in [0.2, 0.25) is 0 Å². The van der Waals surface area contributed by atoms with E-state index in [1.165, 1.54) is 12.1 Å². The van der Waals surface area contributed by atoms with Gasteiger partial charge in [0.15, 0.2) is 17.4 Å². The van der Waals surface area contributed by atoms with Crippen molar-refractivity contribution in [2.75, 3.05) is 6.54 Å². The molecule has 98 valence electrons. The number of ketones is 1. The van der Waals surface area contributed by atoms with E-state index in [0.29, 0.717) is 6.42 Å². The molecule has 4 heteroatoms. The zero-order valence-electron chi connectivity index (χ0n) is 10.4. The van der Waals surface area contributed by atoms with E-state index in [4.69, 9.17) is 0 Å². The molecule has 18 heavy (non-hydrogen) atoms. The standard InChI is InChI=1S/C14H17F2NO/c1-2-14(7-4-8-17-14)12(18)9-10-5-3-6-11(15)13(10)16/h3,5-6,17H,2,4,7-9H2,1H3. The van der Waals surface area contributed by atoms with Gasteiger partial charge < -0.3 is 5.32 Å². The fraction of sp³-hybridized carbons (Fsp3) is 0.500. The molecule has 1 saturated heterocycles. The summed E-state index contributed by atoms with van der Waals surface area (Å²) in [6.07, 6.45) is 2.36. The average molecular weight is 253 g/mol. The lowest BCUT2D eigenvalue weighted by molar-refractivity contribution is -0.124. The Morgan fingerprint density at radius 3 is 2.83 bits per heavy atom. The van der Waals surface area contributed by atoms with E-state index in [9.17, 15) is 13.6 Å². The van der Waals surface area contributed by atoms with Gasteiger partial charge in [-0.05, 0) is 37.4 Å². The summed E-state index contributed by atoms with van der Waals surface area (Å²) in [5.41, 5.74) is -0.403. The summed E-state index contributed by atoms with van der Waals surface area (Å²) in [7, 11) is 0. The van der Waals surface area contributed by atoms with Gasteiger partial charge in [0.25, 0.3) is 0 Å². The van der Waals surface area contributed by atoms with Crippen LogP contribution in [0.3, 0.4) is 0 Å². The Kier molecular flexibility index (Phi) is 3.76. The molecule has 1 aliphatic heterocycles. The van der Waals surface area contributed by atoms with Gasteiger partial charge in [-0.2, -0.15) is 0 Å². The number of carbonyl (C=O) groups is 1. The molecule has 0 radical (unpaired) electrons. The highest BCUT2D eigenvalue weighted by atomic mass is 19.2. The predicted octanol–water partition coefficient (Wildman–Crippen LogP) is 2.61. The highest BCUT2D eigenvalue weighted by Gasteiger charge is 2.38. The van der Waals surface area contributed by atoms with Crippen molar-refractivity contribution in [2.24, 2.45) is 0 Å². The highest BCUT2D eigenvalue weighted by molar-refractivity contribution is 5.90. The molecule has 1 aromatic rings. The lowest BCUT2D eigenvalue weighted by atomic mass is 9.86. The van der Waals surface area contributed by atoms with E-state index in [0.717, 1.165) is 25.5 Å². The first-order valence-corrected chi connectivity index (χ1v) is 6.30. The molecule has 2 nitrogen and oxygen atoms in total. The normalized spacial score (nSPS) is 23.3. The van der Waals surface area contributed by atoms with Gasteiger partial charge in [0.2, 0.25) is 0 Å². The van der Waals surface area contributed by atoms with E-state index >= 15 is 0 Å². The minimum Gasteiger partial charge on any atom is -0.305 e. The molecule has 1 aliphatic rings. The maximum absolute atomic E-state index is 13.5. The number of benzene rings is 1. The van der Waals surface area contributed by atoms with Crippen LogP contribution in [-0.4, -0.2) is 17.9 Å². The molecule has 2 rings (SSSR count). The lowest BCUT2D eigenvalue weighted by Crippen LogP contribution is -2.47. The van der Waals surface area contributed by atoms with Crippen LogP contribution in [0.4, 0.5) is 8.78 Å². The van der Waals surface area contributed by atoms with Crippen molar-refractivity contribution in [3.8, 4) is 0 Å². The Balaban J connectivity index is 2.18. The SMILES string of the molecule is CCC1(C(=O)Cc2cccc(F)c2F)CCCN1. The van der Waals surface area contributed by atoms with Gasteiger partial charge in [-0.1, -0.05) is 19.1 Å². The van der Waals surface area contributed by atoms with Crippen LogP contribution in [-0.2, 0) is 11.2 Å². The van der Waals surface area contributed by atoms with Gasteiger partial charge in [0.1, 0.15) is 0 Å². The maximum Gasteiger partial charge on any atom is 0.162 e. The summed E-state index contributed by atoms with van der Waals surface area (Å²) >= 11 is 0. The lowest BCUT2D eigenvalue weighted by Gasteiger charge is -2.26. The van der Waals surface area contributed by atoms with Gasteiger partial charge in [-0.25, -0.2) is 8.78 Å². The van der Waals surface area contributed by atoms with Crippen LogP contribution in [0.25, 0.3) is 0 Å². The third kappa shape index (κ3) is 2.29. The number of carbonyl (C=O) groups excluding carboxylic acids is 1. The molecular weight excluding hydrogens is 236 g/mol. The summed E-state index contributed by atoms with van der Waals surface area (Å²) in [4.78, 5) is 12.3. The van der Waals surface area contributed by atoms with E-state index in [2.05, 4.69) is 5.32 Å². The Morgan fingerprint density at radius 2 is 2.22 bits per heavy atom. The molecule has 1 aromatic carbocycles. The minimum absolute atomic E-state index is 0.0491. The average Bonchev–Trinajstić information content (AvgIpc) is 2.85. The number of rotatable bonds is 4. The summed E-state index contributed by atoms with van der Waals surface area (Å²) < 4.78 is 26.6. The topological polar surface area (TPSA) is 29.1 Å². The van der Waals surface area contributed by atoms with Crippen LogP contribution >= 0.6 is 0 Å². The van der Waals surface area contributed by atoms with Crippen molar-refractivity contribution in [2.45, 2.75) is 38.1 Å². The second kappa shape index (κ2) is 5.14. The second-order valence-electron chi connectivity index (χ2n) is 4.78. The Labute approximate surface area is 105 Å². The zero-order chi connectivity index (χ0) is 13.2. The molecule has 0 bridgehead atoms. The van der Waals surface area contributed by atoms with Crippen molar-refractivity contribution in [3.63, 3.8) is 0 Å². The molecule has 0 aromatic heterocycles. The minimum atomic E-state index is -0.907. The van der Waals surface area contributed by atoms with Gasteiger partial charge in [0.05, 0.1) is 5.54 Å². The molecular formula is C14H17F2NO. The fourth-order valence-corrected chi connectivity index (χ4v) is 2.57. The van der Waals surface area contributed by atoms with Gasteiger partial charge in [0, 0.05) is 6.42 Å². The largest absolute Gasteiger partial charge is 0.305 e. The molecule has 1 unspecified atom stereocenters. The molecule has 0 spiro atoms. The quantitative estimate of drug-likeness (QED) is 0.893. The summed E-state index contributed by atoms with van der Waals surface area (Å²) in [5, 5.41) is 3.21. The molecule has 1 atom stereocenters. The Hall–Kier alpha value is -1.29. The first-order valence-electron chi connectivity index (χ1n) is 6.30. The van der Waals surface area contributed by atoms with Crippen molar-refractivity contribution in [1.29, 1.82) is 0 Å². The fourth-order valence-electron chi connectivity index (χ4n) is 2.57. The molecule has 1 N–H and O–H groups in total. The van der Waals surface area contributed by atoms with Gasteiger partial charge in [-0.15, -0.1) is 0 Å². The number of nitrogens with one attached hydrogen (secondary N) is 1. The molecule has 0 amide bonds. The Bertz CT molecular complexity index is 453. The summed E-state index contributed by atoms with van der Waals surface area (Å²) in [5.74, 6) is -1.85. The van der Waals surface area contributed by atoms with Crippen molar-refractivity contribution in [1.82, 2.24) is 5.32 Å². The van der Waals surface area contributed by atoms with Gasteiger partial charge in [-0.3, -0.25) is 4.79 Å². The maximum atomic E-state index is 13.5. The Morgan fingerprint density at radius 1 is 1.44 bits per heavy atom.